The van der Waals surface area contributed by atoms with Crippen LogP contribution in [0, 0.1) is 0 Å². The second-order valence-electron chi connectivity index (χ2n) is 3.35. The fourth-order valence-corrected chi connectivity index (χ4v) is 1.40. The zero-order valence-electron chi connectivity index (χ0n) is 8.99. The summed E-state index contributed by atoms with van der Waals surface area (Å²) in [6.07, 6.45) is 7.92. The number of carbonyl (C=O) groups is 1. The first kappa shape index (κ1) is 11.3. The van der Waals surface area contributed by atoms with Crippen LogP contribution >= 0.6 is 0 Å². The lowest BCUT2D eigenvalue weighted by molar-refractivity contribution is 0.214. The molecule has 0 radical (unpaired) electrons. The molecule has 0 aromatic carbocycles. The average Bonchev–Trinajstić information content (AvgIpc) is 2.33. The summed E-state index contributed by atoms with van der Waals surface area (Å²) in [6, 6.07) is -0.0874. The molecule has 2 amide bonds. The molecule has 1 saturated heterocycles. The lowest BCUT2D eigenvalue weighted by Gasteiger charge is -2.12. The van der Waals surface area contributed by atoms with Crippen LogP contribution in [0.2, 0.25) is 0 Å². The van der Waals surface area contributed by atoms with Gasteiger partial charge < -0.3 is 10.2 Å². The van der Waals surface area contributed by atoms with Crippen LogP contribution in [0.25, 0.3) is 0 Å². The van der Waals surface area contributed by atoms with Crippen LogP contribution < -0.4 is 5.32 Å². The molecule has 0 aromatic heterocycles. The van der Waals surface area contributed by atoms with Crippen LogP contribution in [0.1, 0.15) is 6.42 Å². The Morgan fingerprint density at radius 3 is 2.60 bits per heavy atom. The van der Waals surface area contributed by atoms with Gasteiger partial charge >= 0.3 is 6.03 Å². The summed E-state index contributed by atoms with van der Waals surface area (Å²) in [7, 11) is 1.78. The molecular formula is C12H16N2O. The summed E-state index contributed by atoms with van der Waals surface area (Å²) in [4.78, 5) is 13.2. The monoisotopic (exact) mass is 204 g/mol. The van der Waals surface area contributed by atoms with Crippen molar-refractivity contribution in [3.8, 4) is 0 Å². The van der Waals surface area contributed by atoms with E-state index in [2.05, 4.69) is 18.5 Å². The van der Waals surface area contributed by atoms with Gasteiger partial charge in [0.2, 0.25) is 0 Å². The Balaban J connectivity index is 3.01. The maximum Gasteiger partial charge on any atom is 0.321 e. The number of nitrogens with one attached hydrogen (secondary N) is 1. The minimum Gasteiger partial charge on any atom is -0.327 e. The van der Waals surface area contributed by atoms with Gasteiger partial charge in [0, 0.05) is 19.3 Å². The maximum absolute atomic E-state index is 11.5. The van der Waals surface area contributed by atoms with Crippen molar-refractivity contribution in [2.45, 2.75) is 6.42 Å². The Kier molecular flexibility index (Phi) is 3.92. The van der Waals surface area contributed by atoms with Crippen molar-refractivity contribution in [1.29, 1.82) is 0 Å². The molecule has 3 nitrogen and oxygen atoms in total. The van der Waals surface area contributed by atoms with Crippen molar-refractivity contribution in [2.75, 3.05) is 13.6 Å². The third-order valence-electron chi connectivity index (χ3n) is 2.25. The van der Waals surface area contributed by atoms with E-state index in [1.807, 2.05) is 6.08 Å². The normalized spacial score (nSPS) is 22.5. The molecule has 0 aromatic rings. The third-order valence-corrected chi connectivity index (χ3v) is 2.25. The zero-order chi connectivity index (χ0) is 11.3. The van der Waals surface area contributed by atoms with E-state index in [1.54, 1.807) is 30.2 Å². The number of amides is 2. The quantitative estimate of drug-likeness (QED) is 0.735. The van der Waals surface area contributed by atoms with Crippen molar-refractivity contribution >= 4 is 6.03 Å². The van der Waals surface area contributed by atoms with Crippen LogP contribution in [0.5, 0.6) is 0 Å². The molecule has 0 bridgehead atoms. The van der Waals surface area contributed by atoms with Crippen LogP contribution in [0.15, 0.2) is 48.7 Å². The largest absolute Gasteiger partial charge is 0.327 e. The Labute approximate surface area is 90.5 Å². The number of rotatable bonds is 2. The van der Waals surface area contributed by atoms with Crippen LogP contribution in [0.4, 0.5) is 4.79 Å². The molecule has 3 heteroatoms. The highest BCUT2D eigenvalue weighted by Gasteiger charge is 2.17. The van der Waals surface area contributed by atoms with E-state index in [-0.39, 0.29) is 6.03 Å². The molecule has 1 N–H and O–H groups in total. The molecule has 0 unspecified atom stereocenters. The Hall–Kier alpha value is -1.77. The lowest BCUT2D eigenvalue weighted by atomic mass is 10.1. The summed E-state index contributed by atoms with van der Waals surface area (Å²) < 4.78 is 0. The third kappa shape index (κ3) is 2.84. The van der Waals surface area contributed by atoms with Gasteiger partial charge in [0.1, 0.15) is 0 Å². The summed E-state index contributed by atoms with van der Waals surface area (Å²) in [5, 5.41) is 2.83. The Morgan fingerprint density at radius 1 is 1.33 bits per heavy atom. The van der Waals surface area contributed by atoms with Crippen molar-refractivity contribution in [1.82, 2.24) is 10.2 Å². The minimum atomic E-state index is -0.0874. The van der Waals surface area contributed by atoms with Crippen molar-refractivity contribution < 1.29 is 4.79 Å². The molecule has 1 heterocycles. The van der Waals surface area contributed by atoms with Gasteiger partial charge in [-0.25, -0.2) is 4.79 Å². The molecule has 0 spiro atoms. The van der Waals surface area contributed by atoms with E-state index in [0.29, 0.717) is 6.54 Å². The van der Waals surface area contributed by atoms with E-state index >= 15 is 0 Å². The first-order valence-corrected chi connectivity index (χ1v) is 4.86. The number of allylic oxidation sites excluding steroid dienone is 5. The van der Waals surface area contributed by atoms with E-state index in [9.17, 15) is 4.79 Å². The maximum atomic E-state index is 11.5. The molecule has 15 heavy (non-hydrogen) atoms. The predicted octanol–water partition coefficient (Wildman–Crippen LogP) is 2.21. The van der Waals surface area contributed by atoms with Crippen molar-refractivity contribution in [3.05, 3.63) is 48.7 Å². The van der Waals surface area contributed by atoms with Gasteiger partial charge in [-0.1, -0.05) is 31.4 Å². The minimum absolute atomic E-state index is 0.0874. The van der Waals surface area contributed by atoms with Crippen molar-refractivity contribution in [2.24, 2.45) is 0 Å². The topological polar surface area (TPSA) is 32.3 Å². The first-order valence-electron chi connectivity index (χ1n) is 4.86. The smallest absolute Gasteiger partial charge is 0.321 e. The van der Waals surface area contributed by atoms with Gasteiger partial charge in [-0.2, -0.15) is 0 Å². The fraction of sp³-hybridized carbons (Fsp3) is 0.250. The van der Waals surface area contributed by atoms with Crippen LogP contribution in [-0.2, 0) is 0 Å². The number of hydrogen-bond donors (Lipinski definition) is 1. The highest BCUT2D eigenvalue weighted by atomic mass is 16.2. The van der Waals surface area contributed by atoms with Gasteiger partial charge in [-0.15, -0.1) is 0 Å². The molecule has 0 saturated carbocycles. The highest BCUT2D eigenvalue weighted by molar-refractivity contribution is 5.77. The molecule has 80 valence electrons. The molecule has 0 atom stereocenters. The molecule has 1 aliphatic rings. The van der Waals surface area contributed by atoms with E-state index in [0.717, 1.165) is 17.7 Å². The van der Waals surface area contributed by atoms with E-state index in [4.69, 9.17) is 0 Å². The Bertz CT molecular complexity index is 340. The summed E-state index contributed by atoms with van der Waals surface area (Å²) in [5.41, 5.74) is 1.88. The van der Waals surface area contributed by atoms with Gasteiger partial charge in [0.25, 0.3) is 0 Å². The highest BCUT2D eigenvalue weighted by Crippen LogP contribution is 2.16. The summed E-state index contributed by atoms with van der Waals surface area (Å²) in [5.74, 6) is 0. The molecular weight excluding hydrogens is 188 g/mol. The zero-order valence-corrected chi connectivity index (χ0v) is 8.99. The van der Waals surface area contributed by atoms with Gasteiger partial charge in [-0.3, -0.25) is 0 Å². The first-order chi connectivity index (χ1) is 7.19. The summed E-state index contributed by atoms with van der Waals surface area (Å²) in [6.45, 7) is 8.00. The Morgan fingerprint density at radius 2 is 2.00 bits per heavy atom. The second-order valence-corrected chi connectivity index (χ2v) is 3.35. The van der Waals surface area contributed by atoms with Gasteiger partial charge in [0.05, 0.1) is 0 Å². The van der Waals surface area contributed by atoms with E-state index < -0.39 is 0 Å². The van der Waals surface area contributed by atoms with Crippen LogP contribution in [0.3, 0.4) is 0 Å². The standard InChI is InChI=1S/C12H16N2O/c1-4-6-10-8-9-14(3)12(15)13-11(10)7-5-2/h4-7H,1-2,8-9H2,3H3,(H,13,15)/b10-6-,11-7+. The van der Waals surface area contributed by atoms with E-state index in [1.165, 1.54) is 0 Å². The molecule has 0 aliphatic carbocycles. The van der Waals surface area contributed by atoms with Gasteiger partial charge in [0.15, 0.2) is 0 Å². The number of hydrogen-bond acceptors (Lipinski definition) is 1. The number of urea groups is 1. The second kappa shape index (κ2) is 5.20. The number of carbonyl (C=O) groups excluding carboxylic acids is 1. The van der Waals surface area contributed by atoms with Crippen molar-refractivity contribution in [3.63, 3.8) is 0 Å². The predicted molar refractivity (Wildman–Crippen MR) is 62.3 cm³/mol. The fourth-order valence-electron chi connectivity index (χ4n) is 1.40. The number of nitrogens with zero attached hydrogens (tertiary/aromatic N) is 1. The average molecular weight is 204 g/mol. The van der Waals surface area contributed by atoms with Crippen LogP contribution in [-0.4, -0.2) is 24.5 Å². The molecule has 1 aliphatic heterocycles. The molecule has 1 fully saturated rings. The lowest BCUT2D eigenvalue weighted by Crippen LogP contribution is -2.34. The SMILES string of the molecule is C=C/C=C1/CCN(C)C(=O)N/C1=C/C=C. The summed E-state index contributed by atoms with van der Waals surface area (Å²) >= 11 is 0. The molecule has 1 rings (SSSR count). The van der Waals surface area contributed by atoms with Gasteiger partial charge in [-0.05, 0) is 18.1 Å².